The zero-order valence-electron chi connectivity index (χ0n) is 39.4. The molecule has 379 valence electrons. The summed E-state index contributed by atoms with van der Waals surface area (Å²) in [7, 11) is 0.330. The van der Waals surface area contributed by atoms with Crippen molar-refractivity contribution in [1.29, 1.82) is 0 Å². The molecule has 2 aliphatic heterocycles. The predicted octanol–water partition coefficient (Wildman–Crippen LogP) is 12.4. The van der Waals surface area contributed by atoms with Crippen molar-refractivity contribution >= 4 is 35.8 Å². The van der Waals surface area contributed by atoms with Crippen molar-refractivity contribution in [3.63, 3.8) is 0 Å². The second-order valence-electron chi connectivity index (χ2n) is 17.0. The summed E-state index contributed by atoms with van der Waals surface area (Å²) in [5, 5.41) is 27.2. The molecule has 72 heavy (non-hydrogen) atoms. The van der Waals surface area contributed by atoms with E-state index in [9.17, 15) is 46.1 Å². The van der Waals surface area contributed by atoms with Crippen molar-refractivity contribution < 1.29 is 65.3 Å². The van der Waals surface area contributed by atoms with Gasteiger partial charge in [-0.3, -0.25) is 0 Å². The van der Waals surface area contributed by atoms with Gasteiger partial charge in [-0.05, 0) is 101 Å². The van der Waals surface area contributed by atoms with Crippen LogP contribution in [0.25, 0.3) is 11.1 Å². The number of rotatable bonds is 15. The van der Waals surface area contributed by atoms with Gasteiger partial charge in [0.1, 0.15) is 46.0 Å². The van der Waals surface area contributed by atoms with Crippen LogP contribution in [0, 0.1) is 34.9 Å². The Morgan fingerprint density at radius 1 is 0.597 bits per heavy atom. The van der Waals surface area contributed by atoms with Crippen molar-refractivity contribution in [2.45, 2.75) is 75.7 Å². The van der Waals surface area contributed by atoms with Gasteiger partial charge in [0.05, 0.1) is 12.1 Å². The van der Waals surface area contributed by atoms with Gasteiger partial charge in [-0.2, -0.15) is 0 Å². The third-order valence-corrected chi connectivity index (χ3v) is 13.2. The fraction of sp³-hybridized carbons (Fsp3) is 0.296. The van der Waals surface area contributed by atoms with E-state index in [2.05, 4.69) is 20.6 Å². The number of halogens is 7. The average molecular weight is 1060 g/mol. The van der Waals surface area contributed by atoms with Crippen LogP contribution in [0.3, 0.4) is 0 Å². The molecule has 0 bridgehead atoms. The number of cyclic esters (lactones) is 2. The number of carbonyl (C=O) groups is 2. The SMILES string of the molecule is CC[C@@H](c1ccc(-c2ccc(F)cc2F)cc1)N1CC[C@](CCO)(c2ccc(F)cc2)OC1=O.CC[C@@H](c1ccc(Br)cc1)N1CC[C@](CCO)(c2ccc(F)cc2)OC1=O.O[B]Oc1ccc(F)cc1F. The highest BCUT2D eigenvalue weighted by atomic mass is 79.9. The lowest BCUT2D eigenvalue weighted by Crippen LogP contribution is -2.49. The van der Waals surface area contributed by atoms with Gasteiger partial charge in [-0.1, -0.05) is 90.4 Å². The van der Waals surface area contributed by atoms with Crippen LogP contribution in [0.2, 0.25) is 0 Å². The standard InChI is InChI=1S/C27H26F3NO3.C21H23BrFNO3.C6H4BF2O2/c1-2-25(19-5-3-18(4-6-19)23-12-11-22(29)17-24(23)30)31-15-13-27(14-16-32,34-26(31)33)20-7-9-21(28)10-8-20;1-2-19(15-3-7-17(22)8-4-15)24-13-11-21(12-14-25,27-20(24)26)16-5-9-18(23)10-6-16;8-4-1-2-6(11-7-10)5(9)3-4/h3-12,17,25,32H,2,13-16H2,1H3;3-10,19,25H,2,11-14H2,1H3;1-3,10H/t25-,27-;19-,21-;/m00./s1. The Morgan fingerprint density at radius 2 is 1.01 bits per heavy atom. The monoisotopic (exact) mass is 1060 g/mol. The molecule has 0 spiro atoms. The highest BCUT2D eigenvalue weighted by molar-refractivity contribution is 9.10. The number of ether oxygens (including phenoxy) is 2. The van der Waals surface area contributed by atoms with Gasteiger partial charge < -0.3 is 39.2 Å². The van der Waals surface area contributed by atoms with E-state index in [0.29, 0.717) is 68.4 Å². The Hall–Kier alpha value is -6.34. The van der Waals surface area contributed by atoms with Crippen LogP contribution in [0.15, 0.2) is 138 Å². The van der Waals surface area contributed by atoms with Gasteiger partial charge in [0.2, 0.25) is 0 Å². The number of carbonyl (C=O) groups excluding carboxylic acids is 2. The summed E-state index contributed by atoms with van der Waals surface area (Å²) < 4.78 is 95.9. The molecule has 8 rings (SSSR count). The first kappa shape index (κ1) is 55.0. The Kier molecular flexibility index (Phi) is 19.4. The lowest BCUT2D eigenvalue weighted by molar-refractivity contribution is -0.0741. The molecule has 2 saturated heterocycles. The van der Waals surface area contributed by atoms with E-state index in [1.165, 1.54) is 36.4 Å². The topological polar surface area (TPSA) is 129 Å². The first-order valence-corrected chi connectivity index (χ1v) is 24.0. The fourth-order valence-corrected chi connectivity index (χ4v) is 9.28. The maximum atomic E-state index is 14.2. The number of nitrogens with zero attached hydrogens (tertiary/aromatic N) is 2. The molecule has 2 aliphatic rings. The van der Waals surface area contributed by atoms with Gasteiger partial charge in [0.25, 0.3) is 0 Å². The summed E-state index contributed by atoms with van der Waals surface area (Å²) >= 11 is 3.43. The molecular formula is C54H53BBrF6N2O8. The molecule has 2 fully saturated rings. The summed E-state index contributed by atoms with van der Waals surface area (Å²) in [5.74, 6) is -3.76. The lowest BCUT2D eigenvalue weighted by atomic mass is 9.85. The molecule has 0 saturated carbocycles. The lowest BCUT2D eigenvalue weighted by Gasteiger charge is -2.44. The molecule has 6 aromatic carbocycles. The minimum absolute atomic E-state index is 0.0778. The Bertz CT molecular complexity index is 2730. The van der Waals surface area contributed by atoms with E-state index in [-0.39, 0.29) is 55.5 Å². The zero-order valence-corrected chi connectivity index (χ0v) is 41.0. The van der Waals surface area contributed by atoms with Crippen LogP contribution >= 0.6 is 15.9 Å². The Balaban J connectivity index is 0.000000198. The van der Waals surface area contributed by atoms with Gasteiger partial charge in [-0.15, -0.1) is 0 Å². The highest BCUT2D eigenvalue weighted by Crippen LogP contribution is 2.42. The number of aliphatic hydroxyl groups is 2. The third-order valence-electron chi connectivity index (χ3n) is 12.7. The molecule has 0 unspecified atom stereocenters. The normalized spacial score (nSPS) is 18.3. The maximum Gasteiger partial charge on any atom is 0.569 e. The Morgan fingerprint density at radius 3 is 1.40 bits per heavy atom. The van der Waals surface area contributed by atoms with Crippen LogP contribution in [0.5, 0.6) is 5.75 Å². The fourth-order valence-electron chi connectivity index (χ4n) is 9.01. The molecule has 6 aromatic rings. The number of aliphatic hydroxyl groups excluding tert-OH is 2. The van der Waals surface area contributed by atoms with Crippen LogP contribution < -0.4 is 4.65 Å². The van der Waals surface area contributed by atoms with Crippen LogP contribution in [-0.2, 0) is 20.7 Å². The third kappa shape index (κ3) is 13.4. The smallest absolute Gasteiger partial charge is 0.535 e. The van der Waals surface area contributed by atoms with E-state index in [0.717, 1.165) is 40.2 Å². The molecule has 2 heterocycles. The van der Waals surface area contributed by atoms with E-state index < -0.39 is 46.7 Å². The van der Waals surface area contributed by atoms with E-state index in [1.807, 2.05) is 50.2 Å². The van der Waals surface area contributed by atoms with E-state index >= 15 is 0 Å². The van der Waals surface area contributed by atoms with Crippen molar-refractivity contribution in [2.24, 2.45) is 0 Å². The summed E-state index contributed by atoms with van der Waals surface area (Å²) in [6, 6.07) is 32.7. The number of hydrogen-bond donors (Lipinski definition) is 3. The quantitative estimate of drug-likeness (QED) is 0.0685. The minimum atomic E-state index is -1.02. The molecule has 1 radical (unpaired) electrons. The molecule has 0 aliphatic carbocycles. The molecule has 10 nitrogen and oxygen atoms in total. The maximum absolute atomic E-state index is 14.2. The van der Waals surface area contributed by atoms with Crippen LogP contribution in [0.4, 0.5) is 35.9 Å². The number of hydrogen-bond acceptors (Lipinski definition) is 8. The van der Waals surface area contributed by atoms with Crippen molar-refractivity contribution in [1.82, 2.24) is 9.80 Å². The minimum Gasteiger partial charge on any atom is -0.535 e. The van der Waals surface area contributed by atoms with Gasteiger partial charge in [0, 0.05) is 74.2 Å². The summed E-state index contributed by atoms with van der Waals surface area (Å²) in [5.41, 5.74) is 2.24. The average Bonchev–Trinajstić information content (AvgIpc) is 3.36. The first-order valence-electron chi connectivity index (χ1n) is 23.2. The molecule has 2 amide bonds. The summed E-state index contributed by atoms with van der Waals surface area (Å²) in [6.45, 7) is 4.60. The van der Waals surface area contributed by atoms with Crippen LogP contribution in [-0.4, -0.2) is 71.2 Å². The van der Waals surface area contributed by atoms with Gasteiger partial charge >= 0.3 is 19.9 Å². The molecular weight excluding hydrogens is 1010 g/mol. The predicted molar refractivity (Wildman–Crippen MR) is 262 cm³/mol. The number of amides is 2. The van der Waals surface area contributed by atoms with Gasteiger partial charge in [-0.25, -0.2) is 35.9 Å². The summed E-state index contributed by atoms with van der Waals surface area (Å²) in [6.07, 6.45) is 1.96. The van der Waals surface area contributed by atoms with Crippen LogP contribution in [0.1, 0.15) is 86.7 Å². The second-order valence-corrected chi connectivity index (χ2v) is 17.9. The first-order chi connectivity index (χ1) is 34.6. The molecule has 4 atom stereocenters. The number of benzene rings is 6. The second kappa shape index (κ2) is 25.4. The Labute approximate surface area is 423 Å². The molecule has 0 aromatic heterocycles. The molecule has 3 N–H and O–H groups in total. The molecule has 18 heteroatoms. The van der Waals surface area contributed by atoms with Crippen molar-refractivity contribution in [3.05, 3.63) is 195 Å². The highest BCUT2D eigenvalue weighted by Gasteiger charge is 2.45. The van der Waals surface area contributed by atoms with E-state index in [4.69, 9.17) is 14.5 Å². The van der Waals surface area contributed by atoms with Crippen molar-refractivity contribution in [3.8, 4) is 16.9 Å². The van der Waals surface area contributed by atoms with Gasteiger partial charge in [0.15, 0.2) is 5.82 Å². The zero-order chi connectivity index (χ0) is 52.0. The van der Waals surface area contributed by atoms with E-state index in [1.54, 1.807) is 46.2 Å². The summed E-state index contributed by atoms with van der Waals surface area (Å²) in [4.78, 5) is 29.4. The van der Waals surface area contributed by atoms with Crippen molar-refractivity contribution in [2.75, 3.05) is 26.3 Å². The largest absolute Gasteiger partial charge is 0.569 e.